The summed E-state index contributed by atoms with van der Waals surface area (Å²) in [5.74, 6) is -0.657. The highest BCUT2D eigenvalue weighted by atomic mass is 35.5. The molecule has 0 aliphatic rings. The number of hydrogen-bond acceptors (Lipinski definition) is 5. The number of ether oxygens (including phenoxy) is 1. The molecule has 0 radical (unpaired) electrons. The number of carbonyl (C=O) groups excluding carboxylic acids is 1. The largest absolute Gasteiger partial charge is 0.507 e. The molecular weight excluding hydrogens is 471 g/mol. The molecule has 0 saturated carbocycles. The van der Waals surface area contributed by atoms with Gasteiger partial charge in [-0.25, -0.2) is 8.42 Å². The van der Waals surface area contributed by atoms with Gasteiger partial charge in [0.05, 0.1) is 28.3 Å². The Bertz CT molecular complexity index is 1160. The van der Waals surface area contributed by atoms with Gasteiger partial charge < -0.3 is 15.2 Å². The van der Waals surface area contributed by atoms with Gasteiger partial charge in [0.2, 0.25) is 0 Å². The van der Waals surface area contributed by atoms with E-state index < -0.39 is 36.6 Å². The summed E-state index contributed by atoms with van der Waals surface area (Å²) in [6.45, 7) is 7.27. The van der Waals surface area contributed by atoms with Gasteiger partial charge in [-0.2, -0.15) is 13.2 Å². The van der Waals surface area contributed by atoms with Gasteiger partial charge in [0, 0.05) is 11.1 Å². The van der Waals surface area contributed by atoms with Crippen molar-refractivity contribution in [2.75, 3.05) is 12.4 Å². The molecule has 0 atom stereocenters. The van der Waals surface area contributed by atoms with E-state index in [4.69, 9.17) is 16.3 Å². The number of carbonyl (C=O) groups is 1. The molecular formula is C21H23ClF3NO5S. The fourth-order valence-corrected chi connectivity index (χ4v) is 4.20. The molecule has 0 saturated heterocycles. The number of rotatable bonds is 5. The zero-order chi connectivity index (χ0) is 24.6. The maximum atomic E-state index is 13.1. The number of halogens is 4. The van der Waals surface area contributed by atoms with E-state index >= 15 is 0 Å². The monoisotopic (exact) mass is 493 g/mol. The first-order valence-corrected chi connectivity index (χ1v) is 11.3. The molecule has 0 spiro atoms. The molecule has 6 nitrogen and oxygen atoms in total. The average Bonchev–Trinajstić information content (AvgIpc) is 2.66. The predicted octanol–water partition coefficient (Wildman–Crippen LogP) is 5.46. The van der Waals surface area contributed by atoms with Crippen LogP contribution in [0.3, 0.4) is 0 Å². The van der Waals surface area contributed by atoms with Crippen LogP contribution in [0.1, 0.15) is 49.2 Å². The van der Waals surface area contributed by atoms with E-state index in [9.17, 15) is 31.5 Å². The van der Waals surface area contributed by atoms with E-state index in [0.717, 1.165) is 6.07 Å². The molecule has 2 aromatic carbocycles. The number of sulfone groups is 1. The molecule has 2 rings (SSSR count). The second-order valence-corrected chi connectivity index (χ2v) is 10.3. The van der Waals surface area contributed by atoms with Crippen LogP contribution in [0.25, 0.3) is 0 Å². The lowest BCUT2D eigenvalue weighted by Crippen LogP contribution is -2.23. The Morgan fingerprint density at radius 3 is 2.22 bits per heavy atom. The van der Waals surface area contributed by atoms with Gasteiger partial charge in [0.1, 0.15) is 11.5 Å². The minimum atomic E-state index is -5.60. The molecule has 2 N–H and O–H groups in total. The number of methoxy groups -OCH3 is 1. The van der Waals surface area contributed by atoms with Crippen molar-refractivity contribution in [2.45, 2.75) is 49.9 Å². The quantitative estimate of drug-likeness (QED) is 0.577. The van der Waals surface area contributed by atoms with Crippen molar-refractivity contribution in [3.8, 4) is 11.5 Å². The first kappa shape index (κ1) is 25.8. The van der Waals surface area contributed by atoms with Crippen molar-refractivity contribution in [2.24, 2.45) is 0 Å². The summed E-state index contributed by atoms with van der Waals surface area (Å²) >= 11 is 5.96. The molecule has 0 unspecified atom stereocenters. The van der Waals surface area contributed by atoms with E-state index in [1.807, 2.05) is 20.8 Å². The molecule has 2 aromatic rings. The van der Waals surface area contributed by atoms with Gasteiger partial charge in [-0.1, -0.05) is 39.3 Å². The number of anilines is 1. The molecule has 32 heavy (non-hydrogen) atoms. The fraction of sp³-hybridized carbons (Fsp3) is 0.381. The third kappa shape index (κ3) is 4.80. The summed E-state index contributed by atoms with van der Waals surface area (Å²) in [5, 5.41) is 12.9. The Hall–Kier alpha value is -2.46. The summed E-state index contributed by atoms with van der Waals surface area (Å²) in [4.78, 5) is 12.0. The summed E-state index contributed by atoms with van der Waals surface area (Å²) in [7, 11) is -4.17. The number of phenols is 1. The lowest BCUT2D eigenvalue weighted by molar-refractivity contribution is -0.0436. The van der Waals surface area contributed by atoms with Crippen molar-refractivity contribution in [1.29, 1.82) is 0 Å². The Labute approximate surface area is 189 Å². The zero-order valence-corrected chi connectivity index (χ0v) is 19.6. The first-order chi connectivity index (χ1) is 14.6. The minimum Gasteiger partial charge on any atom is -0.507 e. The SMILES string of the molecule is CCc1c(OC)cc(C(C)(C)C)c(O)c1C(=O)Nc1ccc(S(=O)(=O)C(F)(F)F)cc1Cl. The third-order valence-corrected chi connectivity index (χ3v) is 6.58. The van der Waals surface area contributed by atoms with Gasteiger partial charge in [-0.05, 0) is 36.1 Å². The van der Waals surface area contributed by atoms with Crippen LogP contribution in [0.2, 0.25) is 5.02 Å². The standard InChI is InChI=1S/C21H23ClF3NO5S/c1-6-12-16(31-5)10-13(20(2,3)4)18(27)17(12)19(28)26-15-8-7-11(9-14(15)22)32(29,30)21(23,24)25/h7-10,27H,6H2,1-5H3,(H,26,28). The highest BCUT2D eigenvalue weighted by molar-refractivity contribution is 7.92. The van der Waals surface area contributed by atoms with E-state index in [1.165, 1.54) is 7.11 Å². The van der Waals surface area contributed by atoms with Crippen molar-refractivity contribution in [1.82, 2.24) is 0 Å². The Morgan fingerprint density at radius 2 is 1.78 bits per heavy atom. The highest BCUT2D eigenvalue weighted by Gasteiger charge is 2.47. The Balaban J connectivity index is 2.56. The first-order valence-electron chi connectivity index (χ1n) is 9.41. The topological polar surface area (TPSA) is 92.7 Å². The van der Waals surface area contributed by atoms with Gasteiger partial charge >= 0.3 is 5.51 Å². The maximum Gasteiger partial charge on any atom is 0.501 e. The molecule has 1 amide bonds. The number of hydrogen-bond donors (Lipinski definition) is 2. The van der Waals surface area contributed by atoms with E-state index in [-0.39, 0.29) is 17.0 Å². The summed E-state index contributed by atoms with van der Waals surface area (Å²) in [6.07, 6.45) is 0.334. The Kier molecular flexibility index (Phi) is 7.11. The molecule has 0 fully saturated rings. The predicted molar refractivity (Wildman–Crippen MR) is 115 cm³/mol. The van der Waals surface area contributed by atoms with Gasteiger partial charge in [-0.3, -0.25) is 4.79 Å². The highest BCUT2D eigenvalue weighted by Crippen LogP contribution is 2.41. The van der Waals surface area contributed by atoms with Crippen LogP contribution in [-0.2, 0) is 21.7 Å². The molecule has 11 heteroatoms. The number of nitrogens with one attached hydrogen (secondary N) is 1. The molecule has 0 heterocycles. The fourth-order valence-electron chi connectivity index (χ4n) is 3.12. The normalized spacial score (nSPS) is 12.5. The van der Waals surface area contributed by atoms with Gasteiger partial charge in [0.15, 0.2) is 0 Å². The van der Waals surface area contributed by atoms with Crippen LogP contribution in [0.4, 0.5) is 18.9 Å². The van der Waals surface area contributed by atoms with E-state index in [1.54, 1.807) is 13.0 Å². The third-order valence-electron chi connectivity index (χ3n) is 4.78. The second kappa shape index (κ2) is 8.82. The number of alkyl halides is 3. The lowest BCUT2D eigenvalue weighted by Gasteiger charge is -2.25. The lowest BCUT2D eigenvalue weighted by atomic mass is 9.83. The van der Waals surface area contributed by atoms with Crippen molar-refractivity contribution in [3.05, 3.63) is 46.0 Å². The number of amides is 1. The summed E-state index contributed by atoms with van der Waals surface area (Å²) < 4.78 is 66.9. The maximum absolute atomic E-state index is 13.1. The molecule has 0 bridgehead atoms. The van der Waals surface area contributed by atoms with Crippen LogP contribution < -0.4 is 10.1 Å². The Morgan fingerprint density at radius 1 is 1.19 bits per heavy atom. The van der Waals surface area contributed by atoms with E-state index in [0.29, 0.717) is 35.4 Å². The zero-order valence-electron chi connectivity index (χ0n) is 18.0. The summed E-state index contributed by atoms with van der Waals surface area (Å²) in [6, 6.07) is 3.89. The molecule has 0 aromatic heterocycles. The molecule has 0 aliphatic heterocycles. The second-order valence-electron chi connectivity index (χ2n) is 7.98. The van der Waals surface area contributed by atoms with Crippen molar-refractivity contribution >= 4 is 33.0 Å². The average molecular weight is 494 g/mol. The van der Waals surface area contributed by atoms with Gasteiger partial charge in [-0.15, -0.1) is 0 Å². The van der Waals surface area contributed by atoms with Crippen molar-refractivity contribution in [3.63, 3.8) is 0 Å². The molecule has 176 valence electrons. The van der Waals surface area contributed by atoms with E-state index in [2.05, 4.69) is 5.32 Å². The van der Waals surface area contributed by atoms with Crippen LogP contribution in [-0.4, -0.2) is 32.0 Å². The smallest absolute Gasteiger partial charge is 0.501 e. The number of aromatic hydroxyl groups is 1. The van der Waals surface area contributed by atoms with Crippen LogP contribution in [0, 0.1) is 0 Å². The van der Waals surface area contributed by atoms with Crippen molar-refractivity contribution < 1.29 is 36.2 Å². The molecule has 0 aliphatic carbocycles. The number of phenolic OH excluding ortho intramolecular Hbond substituents is 1. The van der Waals surface area contributed by atoms with Crippen LogP contribution in [0.15, 0.2) is 29.2 Å². The minimum absolute atomic E-state index is 0.0696. The van der Waals surface area contributed by atoms with Gasteiger partial charge in [0.25, 0.3) is 15.7 Å². The van der Waals surface area contributed by atoms with Crippen LogP contribution in [0.5, 0.6) is 11.5 Å². The van der Waals surface area contributed by atoms with Crippen LogP contribution >= 0.6 is 11.6 Å². The number of benzene rings is 2. The summed E-state index contributed by atoms with van der Waals surface area (Å²) in [5.41, 5.74) is -5.35.